The molecule has 2 aliphatic heterocycles. The summed E-state index contributed by atoms with van der Waals surface area (Å²) in [6.07, 6.45) is 0.737. The van der Waals surface area contributed by atoms with E-state index in [1.165, 1.54) is 0 Å². The van der Waals surface area contributed by atoms with Crippen LogP contribution in [0.15, 0.2) is 24.3 Å². The molecule has 1 atom stereocenters. The largest absolute Gasteiger partial charge is 0.369 e. The summed E-state index contributed by atoms with van der Waals surface area (Å²) >= 11 is 0. The van der Waals surface area contributed by atoms with Gasteiger partial charge in [-0.1, -0.05) is 12.1 Å². The molecule has 0 aliphatic carbocycles. The zero-order chi connectivity index (χ0) is 17.8. The molecule has 4 amide bonds. The second kappa shape index (κ2) is 7.21. The standard InChI is InChI=1S/C17H19N5O3/c18-11-12-4-1-2-5-14(12)21-6-3-7-22(9-8-21)15(23)10-13-16(24)20-17(25)19-13/h1-2,4-5,13H,3,6-10H2,(H2,19,20,24,25). The van der Waals surface area contributed by atoms with Gasteiger partial charge in [0, 0.05) is 26.2 Å². The summed E-state index contributed by atoms with van der Waals surface area (Å²) < 4.78 is 0. The molecule has 2 heterocycles. The van der Waals surface area contributed by atoms with Crippen LogP contribution in [-0.4, -0.2) is 55.0 Å². The molecule has 2 aliphatic rings. The van der Waals surface area contributed by atoms with Crippen LogP contribution in [0.5, 0.6) is 0 Å². The van der Waals surface area contributed by atoms with Gasteiger partial charge in [-0.3, -0.25) is 14.9 Å². The molecule has 2 saturated heterocycles. The zero-order valence-corrected chi connectivity index (χ0v) is 13.7. The first-order chi connectivity index (χ1) is 12.1. The minimum Gasteiger partial charge on any atom is -0.369 e. The Balaban J connectivity index is 1.62. The third kappa shape index (κ3) is 3.71. The van der Waals surface area contributed by atoms with Crippen molar-refractivity contribution in [1.82, 2.24) is 15.5 Å². The number of hydrogen-bond acceptors (Lipinski definition) is 5. The monoisotopic (exact) mass is 341 g/mol. The van der Waals surface area contributed by atoms with Gasteiger partial charge in [-0.2, -0.15) is 5.26 Å². The SMILES string of the molecule is N#Cc1ccccc1N1CCCN(C(=O)CC2NC(=O)NC2=O)CC1. The Bertz CT molecular complexity index is 742. The Morgan fingerprint density at radius 1 is 1.20 bits per heavy atom. The Labute approximate surface area is 145 Å². The maximum absolute atomic E-state index is 12.4. The molecule has 8 heteroatoms. The van der Waals surface area contributed by atoms with Crippen LogP contribution in [0, 0.1) is 11.3 Å². The average molecular weight is 341 g/mol. The lowest BCUT2D eigenvalue weighted by Gasteiger charge is -2.24. The van der Waals surface area contributed by atoms with Crippen molar-refractivity contribution in [2.75, 3.05) is 31.1 Å². The number of nitriles is 1. The number of nitrogens with one attached hydrogen (secondary N) is 2. The summed E-state index contributed by atoms with van der Waals surface area (Å²) in [6.45, 7) is 2.48. The van der Waals surface area contributed by atoms with E-state index in [0.29, 0.717) is 25.2 Å². The predicted molar refractivity (Wildman–Crippen MR) is 89.6 cm³/mol. The van der Waals surface area contributed by atoms with Gasteiger partial charge in [-0.25, -0.2) is 4.79 Å². The Morgan fingerprint density at radius 3 is 2.72 bits per heavy atom. The van der Waals surface area contributed by atoms with Gasteiger partial charge in [0.15, 0.2) is 0 Å². The number of amides is 4. The van der Waals surface area contributed by atoms with E-state index in [0.717, 1.165) is 18.7 Å². The van der Waals surface area contributed by atoms with Crippen LogP contribution >= 0.6 is 0 Å². The minimum absolute atomic E-state index is 0.0354. The lowest BCUT2D eigenvalue weighted by molar-refractivity contribution is -0.133. The van der Waals surface area contributed by atoms with Crippen LogP contribution in [0.25, 0.3) is 0 Å². The molecule has 0 saturated carbocycles. The van der Waals surface area contributed by atoms with Gasteiger partial charge >= 0.3 is 6.03 Å². The topological polar surface area (TPSA) is 106 Å². The maximum Gasteiger partial charge on any atom is 0.322 e. The third-order valence-corrected chi connectivity index (χ3v) is 4.45. The molecule has 8 nitrogen and oxygen atoms in total. The lowest BCUT2D eigenvalue weighted by Crippen LogP contribution is -2.40. The number of imide groups is 1. The quantitative estimate of drug-likeness (QED) is 0.764. The predicted octanol–water partition coefficient (Wildman–Crippen LogP) is 0.195. The lowest BCUT2D eigenvalue weighted by atomic mass is 10.1. The smallest absolute Gasteiger partial charge is 0.322 e. The van der Waals surface area contributed by atoms with Gasteiger partial charge in [0.1, 0.15) is 12.1 Å². The molecule has 1 unspecified atom stereocenters. The van der Waals surface area contributed by atoms with E-state index in [-0.39, 0.29) is 12.3 Å². The van der Waals surface area contributed by atoms with Gasteiger partial charge in [-0.15, -0.1) is 0 Å². The molecule has 0 radical (unpaired) electrons. The number of para-hydroxylation sites is 1. The molecule has 0 bridgehead atoms. The highest BCUT2D eigenvalue weighted by atomic mass is 16.2. The first-order valence-corrected chi connectivity index (χ1v) is 8.21. The molecule has 2 fully saturated rings. The number of urea groups is 1. The van der Waals surface area contributed by atoms with Gasteiger partial charge in [-0.05, 0) is 18.6 Å². The normalized spacial score (nSPS) is 20.5. The van der Waals surface area contributed by atoms with E-state index in [2.05, 4.69) is 21.6 Å². The number of carbonyl (C=O) groups is 3. The van der Waals surface area contributed by atoms with Crippen LogP contribution in [0.2, 0.25) is 0 Å². The summed E-state index contributed by atoms with van der Waals surface area (Å²) in [5, 5.41) is 13.8. The second-order valence-corrected chi connectivity index (χ2v) is 6.07. The summed E-state index contributed by atoms with van der Waals surface area (Å²) in [5.74, 6) is -0.615. The Kier molecular flexibility index (Phi) is 4.84. The number of carbonyl (C=O) groups excluding carboxylic acids is 3. The van der Waals surface area contributed by atoms with Crippen molar-refractivity contribution in [1.29, 1.82) is 5.26 Å². The Hall–Kier alpha value is -3.08. The van der Waals surface area contributed by atoms with Crippen molar-refractivity contribution >= 4 is 23.5 Å². The highest BCUT2D eigenvalue weighted by molar-refractivity contribution is 6.05. The number of nitrogens with zero attached hydrogens (tertiary/aromatic N) is 3. The summed E-state index contributed by atoms with van der Waals surface area (Å²) in [6, 6.07) is 8.26. The summed E-state index contributed by atoms with van der Waals surface area (Å²) in [5.41, 5.74) is 1.49. The van der Waals surface area contributed by atoms with Crippen molar-refractivity contribution in [2.45, 2.75) is 18.9 Å². The van der Waals surface area contributed by atoms with Crippen LogP contribution < -0.4 is 15.5 Å². The van der Waals surface area contributed by atoms with Crippen LogP contribution in [0.3, 0.4) is 0 Å². The van der Waals surface area contributed by atoms with E-state index in [1.807, 2.05) is 18.2 Å². The van der Waals surface area contributed by atoms with Crippen LogP contribution in [0.1, 0.15) is 18.4 Å². The number of anilines is 1. The van der Waals surface area contributed by atoms with Crippen molar-refractivity contribution in [3.05, 3.63) is 29.8 Å². The highest BCUT2D eigenvalue weighted by Gasteiger charge is 2.33. The van der Waals surface area contributed by atoms with Crippen molar-refractivity contribution in [3.63, 3.8) is 0 Å². The molecule has 3 rings (SSSR count). The first-order valence-electron chi connectivity index (χ1n) is 8.21. The van der Waals surface area contributed by atoms with Crippen molar-refractivity contribution < 1.29 is 14.4 Å². The number of rotatable bonds is 3. The molecule has 25 heavy (non-hydrogen) atoms. The molecular weight excluding hydrogens is 322 g/mol. The Morgan fingerprint density at radius 2 is 2.00 bits per heavy atom. The molecule has 1 aromatic rings. The fraction of sp³-hybridized carbons (Fsp3) is 0.412. The van der Waals surface area contributed by atoms with Crippen molar-refractivity contribution in [3.8, 4) is 6.07 Å². The molecule has 2 N–H and O–H groups in total. The average Bonchev–Trinajstić information content (AvgIpc) is 2.80. The fourth-order valence-corrected chi connectivity index (χ4v) is 3.16. The van der Waals surface area contributed by atoms with Crippen LogP contribution in [0.4, 0.5) is 10.5 Å². The van der Waals surface area contributed by atoms with E-state index in [1.54, 1.807) is 11.0 Å². The minimum atomic E-state index is -0.793. The van der Waals surface area contributed by atoms with E-state index >= 15 is 0 Å². The van der Waals surface area contributed by atoms with E-state index in [9.17, 15) is 19.6 Å². The van der Waals surface area contributed by atoms with Gasteiger partial charge < -0.3 is 15.1 Å². The van der Waals surface area contributed by atoms with E-state index < -0.39 is 18.0 Å². The van der Waals surface area contributed by atoms with Gasteiger partial charge in [0.2, 0.25) is 5.91 Å². The van der Waals surface area contributed by atoms with Crippen LogP contribution in [-0.2, 0) is 9.59 Å². The molecule has 0 spiro atoms. The summed E-state index contributed by atoms with van der Waals surface area (Å²) in [4.78, 5) is 39.0. The van der Waals surface area contributed by atoms with E-state index in [4.69, 9.17) is 0 Å². The summed E-state index contributed by atoms with van der Waals surface area (Å²) in [7, 11) is 0. The zero-order valence-electron chi connectivity index (χ0n) is 13.7. The van der Waals surface area contributed by atoms with Crippen molar-refractivity contribution in [2.24, 2.45) is 0 Å². The third-order valence-electron chi connectivity index (χ3n) is 4.45. The number of hydrogen-bond donors (Lipinski definition) is 2. The highest BCUT2D eigenvalue weighted by Crippen LogP contribution is 2.21. The maximum atomic E-state index is 12.4. The molecular formula is C17H19N5O3. The molecule has 1 aromatic carbocycles. The molecule has 130 valence electrons. The van der Waals surface area contributed by atoms with Gasteiger partial charge in [0.25, 0.3) is 5.91 Å². The molecule has 0 aromatic heterocycles. The number of benzene rings is 1. The second-order valence-electron chi connectivity index (χ2n) is 6.07. The fourth-order valence-electron chi connectivity index (χ4n) is 3.16. The first kappa shape index (κ1) is 16.8. The van der Waals surface area contributed by atoms with Gasteiger partial charge in [0.05, 0.1) is 17.7 Å².